The molecule has 1 aromatic carbocycles. The minimum atomic E-state index is -0.473. The lowest BCUT2D eigenvalue weighted by Crippen LogP contribution is -2.22. The molecular weight excluding hydrogens is 280 g/mol. The number of aromatic hydroxyl groups is 1. The maximum Gasteiger partial charge on any atom is 0.275 e. The number of benzene rings is 1. The van der Waals surface area contributed by atoms with Crippen molar-refractivity contribution in [3.63, 3.8) is 0 Å². The van der Waals surface area contributed by atoms with Crippen molar-refractivity contribution < 1.29 is 14.6 Å². The first kappa shape index (κ1) is 14.3. The molecule has 1 aromatic heterocycles. The fourth-order valence-corrected chi connectivity index (χ4v) is 1.96. The van der Waals surface area contributed by atoms with Gasteiger partial charge in [-0.2, -0.15) is 22.4 Å². The monoisotopic (exact) mass is 294 g/mol. The normalized spacial score (nSPS) is 10.3. The van der Waals surface area contributed by atoms with E-state index >= 15 is 0 Å². The first-order chi connectivity index (χ1) is 9.60. The molecule has 0 fully saturated rings. The van der Waals surface area contributed by atoms with Crippen molar-refractivity contribution in [2.24, 2.45) is 0 Å². The number of ether oxygens (including phenoxy) is 2. The van der Waals surface area contributed by atoms with E-state index in [-0.39, 0.29) is 11.5 Å². The minimum absolute atomic E-state index is 0.178. The van der Waals surface area contributed by atoms with E-state index < -0.39 is 5.56 Å². The van der Waals surface area contributed by atoms with Gasteiger partial charge in [0.2, 0.25) is 0 Å². The fraction of sp³-hybridized carbons (Fsp3) is 0.231. The molecule has 0 aliphatic heterocycles. The highest BCUT2D eigenvalue weighted by atomic mass is 32.1. The van der Waals surface area contributed by atoms with E-state index in [0.717, 1.165) is 10.7 Å². The number of nitrogens with zero attached hydrogens (tertiary/aromatic N) is 2. The maximum absolute atomic E-state index is 12.0. The van der Waals surface area contributed by atoms with E-state index in [9.17, 15) is 9.90 Å². The van der Waals surface area contributed by atoms with Gasteiger partial charge < -0.3 is 14.6 Å². The number of aromatic nitrogens is 2. The molecule has 1 heterocycles. The van der Waals surface area contributed by atoms with Crippen molar-refractivity contribution in [1.29, 1.82) is 0 Å². The summed E-state index contributed by atoms with van der Waals surface area (Å²) in [4.78, 5) is 12.0. The lowest BCUT2D eigenvalue weighted by atomic mass is 10.2. The lowest BCUT2D eigenvalue weighted by Gasteiger charge is -2.12. The summed E-state index contributed by atoms with van der Waals surface area (Å²) in [5.41, 5.74) is 0.261. The summed E-state index contributed by atoms with van der Waals surface area (Å²) in [6, 6.07) is 6.12. The van der Waals surface area contributed by atoms with E-state index in [4.69, 9.17) is 9.47 Å². The van der Waals surface area contributed by atoms with Gasteiger partial charge in [-0.1, -0.05) is 0 Å². The summed E-state index contributed by atoms with van der Waals surface area (Å²) in [6.45, 7) is 0. The molecule has 20 heavy (non-hydrogen) atoms. The summed E-state index contributed by atoms with van der Waals surface area (Å²) in [5.74, 6) is 1.06. The lowest BCUT2D eigenvalue weighted by molar-refractivity contribution is 0.399. The van der Waals surface area contributed by atoms with E-state index in [1.807, 2.05) is 0 Å². The van der Waals surface area contributed by atoms with Crippen molar-refractivity contribution >= 4 is 12.6 Å². The molecule has 0 saturated carbocycles. The summed E-state index contributed by atoms with van der Waals surface area (Å²) in [6.07, 6.45) is 0. The van der Waals surface area contributed by atoms with Gasteiger partial charge in [-0.05, 0) is 12.1 Å². The van der Waals surface area contributed by atoms with Crippen LogP contribution in [-0.2, 0) is 5.75 Å². The van der Waals surface area contributed by atoms with Crippen molar-refractivity contribution in [3.05, 3.63) is 40.3 Å². The van der Waals surface area contributed by atoms with Gasteiger partial charge in [0, 0.05) is 17.9 Å². The molecule has 0 aliphatic carbocycles. The summed E-state index contributed by atoms with van der Waals surface area (Å²) < 4.78 is 11.5. The van der Waals surface area contributed by atoms with Crippen LogP contribution in [0.3, 0.4) is 0 Å². The standard InChI is InChI=1S/C13H14N2O4S/c1-18-8-3-4-12(19-2)10(5-8)15-13(17)6-11(16)9(7-20)14-15/h3-6,16,20H,7H2,1-2H3. The van der Waals surface area contributed by atoms with Crippen molar-refractivity contribution in [2.45, 2.75) is 5.75 Å². The average Bonchev–Trinajstić information content (AvgIpc) is 2.47. The zero-order valence-electron chi connectivity index (χ0n) is 11.0. The van der Waals surface area contributed by atoms with E-state index in [0.29, 0.717) is 22.9 Å². The molecule has 0 amide bonds. The van der Waals surface area contributed by atoms with Gasteiger partial charge in [0.25, 0.3) is 5.56 Å². The number of rotatable bonds is 4. The second-order valence-electron chi connectivity index (χ2n) is 3.92. The SMILES string of the molecule is COc1ccc(OC)c(-n2nc(CS)c(O)cc2=O)c1. The third-order valence-corrected chi connectivity index (χ3v) is 3.05. The average molecular weight is 294 g/mol. The van der Waals surface area contributed by atoms with Gasteiger partial charge in [0.1, 0.15) is 28.6 Å². The number of thiol groups is 1. The van der Waals surface area contributed by atoms with Crippen LogP contribution in [0.2, 0.25) is 0 Å². The Labute approximate surface area is 121 Å². The predicted octanol–water partition coefficient (Wildman–Crippen LogP) is 1.39. The minimum Gasteiger partial charge on any atom is -0.506 e. The Morgan fingerprint density at radius 3 is 2.65 bits per heavy atom. The molecule has 0 saturated heterocycles. The van der Waals surface area contributed by atoms with Crippen LogP contribution in [0.15, 0.2) is 29.1 Å². The van der Waals surface area contributed by atoms with Gasteiger partial charge in [-0.3, -0.25) is 4.79 Å². The topological polar surface area (TPSA) is 73.6 Å². The molecule has 0 radical (unpaired) electrons. The van der Waals surface area contributed by atoms with E-state index in [1.54, 1.807) is 18.2 Å². The Morgan fingerprint density at radius 2 is 2.05 bits per heavy atom. The van der Waals surface area contributed by atoms with Gasteiger partial charge in [0.05, 0.1) is 14.2 Å². The number of hydrogen-bond acceptors (Lipinski definition) is 6. The Morgan fingerprint density at radius 1 is 1.30 bits per heavy atom. The van der Waals surface area contributed by atoms with Crippen molar-refractivity contribution in [2.75, 3.05) is 14.2 Å². The van der Waals surface area contributed by atoms with Crippen LogP contribution >= 0.6 is 12.6 Å². The molecule has 0 bridgehead atoms. The second kappa shape index (κ2) is 5.87. The van der Waals surface area contributed by atoms with Gasteiger partial charge >= 0.3 is 0 Å². The zero-order chi connectivity index (χ0) is 14.7. The summed E-state index contributed by atoms with van der Waals surface area (Å²) >= 11 is 4.07. The Hall–Kier alpha value is -2.15. The highest BCUT2D eigenvalue weighted by Crippen LogP contribution is 2.26. The summed E-state index contributed by atoms with van der Waals surface area (Å²) in [7, 11) is 3.02. The third-order valence-electron chi connectivity index (χ3n) is 2.75. The molecule has 0 atom stereocenters. The first-order valence-electron chi connectivity index (χ1n) is 5.76. The highest BCUT2D eigenvalue weighted by Gasteiger charge is 2.13. The van der Waals surface area contributed by atoms with Crippen LogP contribution in [0.5, 0.6) is 17.2 Å². The fourth-order valence-electron chi connectivity index (χ4n) is 1.73. The second-order valence-corrected chi connectivity index (χ2v) is 4.24. The van der Waals surface area contributed by atoms with E-state index in [1.165, 1.54) is 14.2 Å². The molecule has 7 heteroatoms. The Kier molecular flexibility index (Phi) is 4.19. The molecule has 0 aliphatic rings. The molecule has 2 rings (SSSR count). The van der Waals surface area contributed by atoms with Crippen molar-refractivity contribution in [1.82, 2.24) is 9.78 Å². The van der Waals surface area contributed by atoms with Gasteiger partial charge in [-0.15, -0.1) is 0 Å². The quantitative estimate of drug-likeness (QED) is 0.834. The molecule has 106 valence electrons. The molecular formula is C13H14N2O4S. The molecule has 6 nitrogen and oxygen atoms in total. The molecule has 0 spiro atoms. The highest BCUT2D eigenvalue weighted by molar-refractivity contribution is 7.79. The first-order valence-corrected chi connectivity index (χ1v) is 6.39. The predicted molar refractivity (Wildman–Crippen MR) is 77.3 cm³/mol. The zero-order valence-corrected chi connectivity index (χ0v) is 11.9. The van der Waals surface area contributed by atoms with Gasteiger partial charge in [0.15, 0.2) is 0 Å². The largest absolute Gasteiger partial charge is 0.506 e. The number of methoxy groups -OCH3 is 2. The number of hydrogen-bond donors (Lipinski definition) is 2. The molecule has 1 N–H and O–H groups in total. The smallest absolute Gasteiger partial charge is 0.275 e. The van der Waals surface area contributed by atoms with Crippen LogP contribution in [0.25, 0.3) is 5.69 Å². The molecule has 2 aromatic rings. The van der Waals surface area contributed by atoms with Crippen molar-refractivity contribution in [3.8, 4) is 22.9 Å². The van der Waals surface area contributed by atoms with Crippen LogP contribution in [0, 0.1) is 0 Å². The maximum atomic E-state index is 12.0. The van der Waals surface area contributed by atoms with Crippen LogP contribution in [0.1, 0.15) is 5.69 Å². The van der Waals surface area contributed by atoms with Crippen LogP contribution in [0.4, 0.5) is 0 Å². The van der Waals surface area contributed by atoms with Crippen LogP contribution in [-0.4, -0.2) is 29.1 Å². The summed E-state index contributed by atoms with van der Waals surface area (Å²) in [5, 5.41) is 13.7. The molecule has 0 unspecified atom stereocenters. The van der Waals surface area contributed by atoms with E-state index in [2.05, 4.69) is 17.7 Å². The van der Waals surface area contributed by atoms with Gasteiger partial charge in [-0.25, -0.2) is 0 Å². The van der Waals surface area contributed by atoms with Crippen LogP contribution < -0.4 is 15.0 Å². The Bertz CT molecular complexity index is 685. The Balaban J connectivity index is 2.69. The third kappa shape index (κ3) is 2.57.